The summed E-state index contributed by atoms with van der Waals surface area (Å²) in [6.45, 7) is 1.85. The molecule has 0 aliphatic heterocycles. The minimum Gasteiger partial charge on any atom is -0.450 e. The molecule has 2 aromatic rings. The van der Waals surface area contributed by atoms with Crippen LogP contribution in [0.25, 0.3) is 0 Å². The Hall–Kier alpha value is -2.14. The molecule has 0 unspecified atom stereocenters. The summed E-state index contributed by atoms with van der Waals surface area (Å²) in [7, 11) is 0. The Morgan fingerprint density at radius 2 is 2.05 bits per heavy atom. The van der Waals surface area contributed by atoms with Gasteiger partial charge >= 0.3 is 5.69 Å². The molecule has 6 heteroatoms. The van der Waals surface area contributed by atoms with Crippen molar-refractivity contribution >= 4 is 17.3 Å². The van der Waals surface area contributed by atoms with Crippen LogP contribution in [-0.4, -0.2) is 4.92 Å². The van der Waals surface area contributed by atoms with Crippen molar-refractivity contribution in [3.05, 3.63) is 63.5 Å². The minimum atomic E-state index is -0.616. The van der Waals surface area contributed by atoms with Crippen molar-refractivity contribution in [3.8, 4) is 11.5 Å². The molecule has 104 valence electrons. The lowest BCUT2D eigenvalue weighted by Gasteiger charge is -2.09. The fourth-order valence-corrected chi connectivity index (χ4v) is 2.03. The van der Waals surface area contributed by atoms with Crippen molar-refractivity contribution in [1.82, 2.24) is 0 Å². The summed E-state index contributed by atoms with van der Waals surface area (Å²) in [6, 6.07) is 8.19. The first-order valence-electron chi connectivity index (χ1n) is 5.78. The van der Waals surface area contributed by atoms with Crippen molar-refractivity contribution in [2.75, 3.05) is 0 Å². The zero-order chi connectivity index (χ0) is 14.7. The van der Waals surface area contributed by atoms with E-state index in [-0.39, 0.29) is 11.4 Å². The maximum Gasteiger partial charge on any atom is 0.311 e. The number of hydrogen-bond donors (Lipinski definition) is 0. The molecule has 0 N–H and O–H groups in total. The van der Waals surface area contributed by atoms with Crippen LogP contribution in [0, 0.1) is 22.9 Å². The third-order valence-corrected chi connectivity index (χ3v) is 3.09. The predicted octanol–water partition coefficient (Wildman–Crippen LogP) is 4.57. The number of nitrogens with zero attached hydrogens (tertiary/aromatic N) is 1. The summed E-state index contributed by atoms with van der Waals surface area (Å²) in [6.07, 6.45) is 0. The zero-order valence-electron chi connectivity index (χ0n) is 10.6. The average Bonchev–Trinajstić information content (AvgIpc) is 2.38. The van der Waals surface area contributed by atoms with E-state index in [1.54, 1.807) is 18.2 Å². The van der Waals surface area contributed by atoms with E-state index in [9.17, 15) is 14.5 Å². The predicted molar refractivity (Wildman–Crippen MR) is 73.9 cm³/mol. The molecular formula is C14H11ClFNO3. The monoisotopic (exact) mass is 295 g/mol. The summed E-state index contributed by atoms with van der Waals surface area (Å²) in [4.78, 5) is 10.3. The molecule has 0 atom stereocenters. The average molecular weight is 296 g/mol. The normalized spacial score (nSPS) is 10.3. The van der Waals surface area contributed by atoms with Crippen molar-refractivity contribution in [2.24, 2.45) is 0 Å². The van der Waals surface area contributed by atoms with Crippen LogP contribution in [0.5, 0.6) is 11.5 Å². The van der Waals surface area contributed by atoms with Gasteiger partial charge in [0.25, 0.3) is 0 Å². The van der Waals surface area contributed by atoms with Crippen LogP contribution in [0.4, 0.5) is 10.1 Å². The van der Waals surface area contributed by atoms with Gasteiger partial charge in [-0.05, 0) is 36.2 Å². The molecule has 4 nitrogen and oxygen atoms in total. The van der Waals surface area contributed by atoms with E-state index in [1.807, 2.05) is 6.92 Å². The van der Waals surface area contributed by atoms with Crippen LogP contribution in [0.15, 0.2) is 36.4 Å². The topological polar surface area (TPSA) is 52.4 Å². The first-order chi connectivity index (χ1) is 9.51. The first kappa shape index (κ1) is 14.3. The highest BCUT2D eigenvalue weighted by molar-refractivity contribution is 6.17. The molecule has 0 aliphatic rings. The lowest BCUT2D eigenvalue weighted by atomic mass is 10.1. The van der Waals surface area contributed by atoms with Crippen LogP contribution in [0.3, 0.4) is 0 Å². The number of ether oxygens (including phenoxy) is 1. The quantitative estimate of drug-likeness (QED) is 0.471. The van der Waals surface area contributed by atoms with Gasteiger partial charge < -0.3 is 4.74 Å². The standard InChI is InChI=1S/C14H11ClFNO3/c1-9-6-12(4-2-10(9)8-15)20-14-7-11(16)3-5-13(14)17(18)19/h2-7H,8H2,1H3. The number of hydrogen-bond acceptors (Lipinski definition) is 3. The van der Waals surface area contributed by atoms with Crippen LogP contribution in [0.2, 0.25) is 0 Å². The maximum atomic E-state index is 13.2. The van der Waals surface area contributed by atoms with E-state index >= 15 is 0 Å². The van der Waals surface area contributed by atoms with Crippen molar-refractivity contribution < 1.29 is 14.1 Å². The third-order valence-electron chi connectivity index (χ3n) is 2.80. The van der Waals surface area contributed by atoms with E-state index in [1.165, 1.54) is 0 Å². The van der Waals surface area contributed by atoms with Gasteiger partial charge in [0.15, 0.2) is 0 Å². The van der Waals surface area contributed by atoms with Crippen LogP contribution < -0.4 is 4.74 Å². The number of rotatable bonds is 4. The Bertz CT molecular complexity index is 661. The molecule has 0 fully saturated rings. The fraction of sp³-hybridized carbons (Fsp3) is 0.143. The molecule has 2 rings (SSSR count). The second-order valence-corrected chi connectivity index (χ2v) is 4.46. The van der Waals surface area contributed by atoms with E-state index in [2.05, 4.69) is 0 Å². The largest absolute Gasteiger partial charge is 0.450 e. The Kier molecular flexibility index (Phi) is 4.20. The number of benzene rings is 2. The van der Waals surface area contributed by atoms with Crippen LogP contribution in [0.1, 0.15) is 11.1 Å². The SMILES string of the molecule is Cc1cc(Oc2cc(F)ccc2[N+](=O)[O-])ccc1CCl. The van der Waals surface area contributed by atoms with Gasteiger partial charge in [-0.25, -0.2) is 4.39 Å². The summed E-state index contributed by atoms with van der Waals surface area (Å²) >= 11 is 5.75. The van der Waals surface area contributed by atoms with E-state index < -0.39 is 10.7 Å². The highest BCUT2D eigenvalue weighted by Crippen LogP contribution is 2.32. The van der Waals surface area contributed by atoms with Gasteiger partial charge in [-0.15, -0.1) is 11.6 Å². The van der Waals surface area contributed by atoms with Crippen molar-refractivity contribution in [1.29, 1.82) is 0 Å². The zero-order valence-corrected chi connectivity index (χ0v) is 11.4. The number of nitro benzene ring substituents is 1. The molecule has 2 aromatic carbocycles. The second kappa shape index (κ2) is 5.88. The van der Waals surface area contributed by atoms with E-state index in [4.69, 9.17) is 16.3 Å². The van der Waals surface area contributed by atoms with Crippen LogP contribution >= 0.6 is 11.6 Å². The van der Waals surface area contributed by atoms with Gasteiger partial charge in [-0.3, -0.25) is 10.1 Å². The van der Waals surface area contributed by atoms with Gasteiger partial charge in [-0.2, -0.15) is 0 Å². The summed E-state index contributed by atoms with van der Waals surface area (Å²) in [5, 5.41) is 10.9. The highest BCUT2D eigenvalue weighted by atomic mass is 35.5. The summed E-state index contributed by atoms with van der Waals surface area (Å²) < 4.78 is 18.6. The van der Waals surface area contributed by atoms with Crippen LogP contribution in [-0.2, 0) is 5.88 Å². The van der Waals surface area contributed by atoms with E-state index in [0.29, 0.717) is 11.6 Å². The number of nitro groups is 1. The minimum absolute atomic E-state index is 0.131. The lowest BCUT2D eigenvalue weighted by Crippen LogP contribution is -1.95. The Morgan fingerprint density at radius 3 is 2.65 bits per heavy atom. The molecule has 0 aliphatic carbocycles. The van der Waals surface area contributed by atoms with Gasteiger partial charge in [0.1, 0.15) is 11.6 Å². The highest BCUT2D eigenvalue weighted by Gasteiger charge is 2.16. The second-order valence-electron chi connectivity index (χ2n) is 4.19. The molecule has 0 aromatic heterocycles. The Balaban J connectivity index is 2.36. The van der Waals surface area contributed by atoms with Gasteiger partial charge in [0.05, 0.1) is 4.92 Å². The molecule has 0 saturated heterocycles. The maximum absolute atomic E-state index is 13.2. The molecule has 0 amide bonds. The fourth-order valence-electron chi connectivity index (χ4n) is 1.73. The Labute approximate surface area is 119 Å². The number of aryl methyl sites for hydroxylation is 1. The molecule has 0 heterocycles. The lowest BCUT2D eigenvalue weighted by molar-refractivity contribution is -0.385. The first-order valence-corrected chi connectivity index (χ1v) is 6.32. The molecule has 0 radical (unpaired) electrons. The summed E-state index contributed by atoms with van der Waals surface area (Å²) in [5.74, 6) is 0.0319. The molecular weight excluding hydrogens is 285 g/mol. The molecule has 0 bridgehead atoms. The van der Waals surface area contributed by atoms with Gasteiger partial charge in [0.2, 0.25) is 5.75 Å². The van der Waals surface area contributed by atoms with Crippen molar-refractivity contribution in [3.63, 3.8) is 0 Å². The van der Waals surface area contributed by atoms with Gasteiger partial charge in [-0.1, -0.05) is 6.07 Å². The number of alkyl halides is 1. The van der Waals surface area contributed by atoms with E-state index in [0.717, 1.165) is 29.3 Å². The molecule has 0 spiro atoms. The summed E-state index contributed by atoms with van der Waals surface area (Å²) in [5.41, 5.74) is 1.55. The van der Waals surface area contributed by atoms with Gasteiger partial charge in [0, 0.05) is 18.0 Å². The molecule has 0 saturated carbocycles. The third kappa shape index (κ3) is 3.05. The smallest absolute Gasteiger partial charge is 0.311 e. The Morgan fingerprint density at radius 1 is 1.30 bits per heavy atom. The molecule has 20 heavy (non-hydrogen) atoms. The van der Waals surface area contributed by atoms with Crippen molar-refractivity contribution in [2.45, 2.75) is 12.8 Å². The number of halogens is 2.